The molecular weight excluding hydrogens is 415 g/mol. The Hall–Kier alpha value is -2.85. The van der Waals surface area contributed by atoms with Crippen molar-refractivity contribution in [3.05, 3.63) is 46.9 Å². The molecule has 4 rings (SSSR count). The van der Waals surface area contributed by atoms with Gasteiger partial charge in [-0.3, -0.25) is 9.47 Å². The van der Waals surface area contributed by atoms with Crippen LogP contribution in [0.3, 0.4) is 0 Å². The fourth-order valence-electron chi connectivity index (χ4n) is 3.95. The zero-order chi connectivity index (χ0) is 22.2. The highest BCUT2D eigenvalue weighted by Crippen LogP contribution is 2.27. The number of hydrogen-bond acceptors (Lipinski definition) is 6. The van der Waals surface area contributed by atoms with Crippen LogP contribution in [0.2, 0.25) is 0 Å². The van der Waals surface area contributed by atoms with Crippen molar-refractivity contribution in [2.75, 3.05) is 13.7 Å². The standard InChI is InChI=1S/C21H22F3N3O4/c1-13-4-3-11-26(13)18(29-2)12-27-19-17(30-20(27)28)10-9-16(25-19)14-5-7-15(8-6-14)31-21(22,23)24/h5-10,13,18H,3-4,11-12H2,1-2H3/t13-,18?/m1/s1. The minimum atomic E-state index is -4.75. The molecule has 1 saturated heterocycles. The van der Waals surface area contributed by atoms with Gasteiger partial charge in [0.05, 0.1) is 12.2 Å². The molecule has 166 valence electrons. The molecule has 10 heteroatoms. The van der Waals surface area contributed by atoms with Crippen molar-refractivity contribution in [3.8, 4) is 17.0 Å². The van der Waals surface area contributed by atoms with Gasteiger partial charge in [-0.2, -0.15) is 0 Å². The van der Waals surface area contributed by atoms with Crippen molar-refractivity contribution in [2.45, 2.75) is 44.9 Å². The van der Waals surface area contributed by atoms with Gasteiger partial charge in [-0.25, -0.2) is 9.78 Å². The lowest BCUT2D eigenvalue weighted by Gasteiger charge is -2.30. The molecule has 0 radical (unpaired) electrons. The van der Waals surface area contributed by atoms with Gasteiger partial charge in [0.1, 0.15) is 12.0 Å². The number of rotatable bonds is 6. The Bertz CT molecular complexity index is 1110. The minimum Gasteiger partial charge on any atom is -0.406 e. The monoisotopic (exact) mass is 437 g/mol. The van der Waals surface area contributed by atoms with E-state index in [4.69, 9.17) is 9.15 Å². The number of nitrogens with zero attached hydrogens (tertiary/aromatic N) is 3. The smallest absolute Gasteiger partial charge is 0.406 e. The van der Waals surface area contributed by atoms with Crippen molar-refractivity contribution >= 4 is 11.2 Å². The van der Waals surface area contributed by atoms with Gasteiger partial charge >= 0.3 is 12.1 Å². The third-order valence-corrected chi connectivity index (χ3v) is 5.48. The Morgan fingerprint density at radius 2 is 1.97 bits per heavy atom. The molecule has 1 fully saturated rings. The number of ether oxygens (including phenoxy) is 2. The first-order valence-electron chi connectivity index (χ1n) is 9.90. The fraction of sp³-hybridized carbons (Fsp3) is 0.429. The van der Waals surface area contributed by atoms with Crippen molar-refractivity contribution in [1.82, 2.24) is 14.5 Å². The van der Waals surface area contributed by atoms with E-state index in [1.54, 1.807) is 19.2 Å². The average molecular weight is 437 g/mol. The molecule has 1 unspecified atom stereocenters. The first kappa shape index (κ1) is 21.4. The normalized spacial score (nSPS) is 18.5. The zero-order valence-electron chi connectivity index (χ0n) is 17.1. The molecule has 0 saturated carbocycles. The number of pyridine rings is 1. The summed E-state index contributed by atoms with van der Waals surface area (Å²) in [5.74, 6) is -0.859. The molecule has 31 heavy (non-hydrogen) atoms. The Labute approximate surface area is 176 Å². The first-order chi connectivity index (χ1) is 14.7. The maximum atomic E-state index is 12.5. The number of halogens is 3. The molecule has 7 nitrogen and oxygen atoms in total. The summed E-state index contributed by atoms with van der Waals surface area (Å²) in [4.78, 5) is 19.2. The molecule has 3 aromatic rings. The second-order valence-corrected chi connectivity index (χ2v) is 7.49. The summed E-state index contributed by atoms with van der Waals surface area (Å²) in [6.45, 7) is 3.26. The van der Waals surface area contributed by atoms with Crippen LogP contribution in [0, 0.1) is 0 Å². The van der Waals surface area contributed by atoms with Crippen LogP contribution in [0.15, 0.2) is 45.6 Å². The highest BCUT2D eigenvalue weighted by Gasteiger charge is 2.31. The number of alkyl halides is 3. The number of fused-ring (bicyclic) bond motifs is 1. The van der Waals surface area contributed by atoms with Crippen LogP contribution in [0.4, 0.5) is 13.2 Å². The molecule has 3 heterocycles. The molecule has 0 amide bonds. The minimum absolute atomic E-state index is 0.251. The molecule has 0 aliphatic carbocycles. The first-order valence-corrected chi connectivity index (χ1v) is 9.90. The van der Waals surface area contributed by atoms with Crippen molar-refractivity contribution in [1.29, 1.82) is 0 Å². The molecule has 0 N–H and O–H groups in total. The van der Waals surface area contributed by atoms with Gasteiger partial charge in [0, 0.05) is 25.3 Å². The maximum Gasteiger partial charge on any atom is 0.573 e. The van der Waals surface area contributed by atoms with E-state index < -0.39 is 12.1 Å². The highest BCUT2D eigenvalue weighted by molar-refractivity contribution is 5.73. The SMILES string of the molecule is COC(Cn1c(=O)oc2ccc(-c3ccc(OC(F)(F)F)cc3)nc21)N1CCC[C@H]1C. The second kappa shape index (κ2) is 8.35. The Morgan fingerprint density at radius 3 is 2.58 bits per heavy atom. The highest BCUT2D eigenvalue weighted by atomic mass is 19.4. The van der Waals surface area contributed by atoms with E-state index >= 15 is 0 Å². The summed E-state index contributed by atoms with van der Waals surface area (Å²) in [7, 11) is 1.60. The summed E-state index contributed by atoms with van der Waals surface area (Å²) in [5, 5.41) is 0. The third kappa shape index (κ3) is 4.59. The summed E-state index contributed by atoms with van der Waals surface area (Å²) in [6.07, 6.45) is -2.92. The van der Waals surface area contributed by atoms with E-state index in [2.05, 4.69) is 21.5 Å². The van der Waals surface area contributed by atoms with Crippen molar-refractivity contribution in [2.24, 2.45) is 0 Å². The molecule has 2 aromatic heterocycles. The zero-order valence-corrected chi connectivity index (χ0v) is 17.1. The average Bonchev–Trinajstić information content (AvgIpc) is 3.27. The lowest BCUT2D eigenvalue weighted by Crippen LogP contribution is -2.43. The van der Waals surface area contributed by atoms with Gasteiger partial charge in [0.2, 0.25) is 0 Å². The lowest BCUT2D eigenvalue weighted by atomic mass is 10.1. The molecule has 1 aliphatic rings. The van der Waals surface area contributed by atoms with E-state index in [9.17, 15) is 18.0 Å². The van der Waals surface area contributed by atoms with Crippen LogP contribution in [0.25, 0.3) is 22.5 Å². The van der Waals surface area contributed by atoms with Crippen molar-refractivity contribution < 1.29 is 27.1 Å². The molecule has 1 aromatic carbocycles. The van der Waals surface area contributed by atoms with Gasteiger partial charge in [0.25, 0.3) is 0 Å². The van der Waals surface area contributed by atoms with Crippen LogP contribution in [-0.2, 0) is 11.3 Å². The number of hydrogen-bond donors (Lipinski definition) is 0. The molecule has 2 atom stereocenters. The van der Waals surface area contributed by atoms with E-state index in [1.165, 1.54) is 28.8 Å². The van der Waals surface area contributed by atoms with Gasteiger partial charge in [-0.15, -0.1) is 13.2 Å². The van der Waals surface area contributed by atoms with Crippen LogP contribution >= 0.6 is 0 Å². The summed E-state index contributed by atoms with van der Waals surface area (Å²) in [5.41, 5.74) is 1.75. The molecular formula is C21H22F3N3O4. The van der Waals surface area contributed by atoms with E-state index in [-0.39, 0.29) is 18.5 Å². The van der Waals surface area contributed by atoms with Gasteiger partial charge < -0.3 is 13.9 Å². The Morgan fingerprint density at radius 1 is 1.23 bits per heavy atom. The number of benzene rings is 1. The van der Waals surface area contributed by atoms with Gasteiger partial charge in [-0.05, 0) is 56.2 Å². The number of oxazole rings is 1. The van der Waals surface area contributed by atoms with Gasteiger partial charge in [0.15, 0.2) is 11.2 Å². The predicted molar refractivity (Wildman–Crippen MR) is 107 cm³/mol. The number of aromatic nitrogens is 2. The second-order valence-electron chi connectivity index (χ2n) is 7.49. The number of likely N-dealkylation sites (tertiary alicyclic amines) is 1. The lowest BCUT2D eigenvalue weighted by molar-refractivity contribution is -0.274. The topological polar surface area (TPSA) is 69.7 Å². The van der Waals surface area contributed by atoms with E-state index in [1.807, 2.05) is 0 Å². The summed E-state index contributed by atoms with van der Waals surface area (Å²) < 4.78 is 53.4. The molecule has 1 aliphatic heterocycles. The largest absolute Gasteiger partial charge is 0.573 e. The maximum absolute atomic E-state index is 12.5. The van der Waals surface area contributed by atoms with Crippen LogP contribution in [-0.4, -0.2) is 46.7 Å². The van der Waals surface area contributed by atoms with Gasteiger partial charge in [-0.1, -0.05) is 0 Å². The molecule has 0 bridgehead atoms. The Balaban J connectivity index is 1.64. The molecule has 0 spiro atoms. The fourth-order valence-corrected chi connectivity index (χ4v) is 3.95. The quantitative estimate of drug-likeness (QED) is 0.581. The van der Waals surface area contributed by atoms with Crippen LogP contribution < -0.4 is 10.5 Å². The van der Waals surface area contributed by atoms with E-state index in [0.29, 0.717) is 28.5 Å². The predicted octanol–water partition coefficient (Wildman–Crippen LogP) is 4.01. The number of methoxy groups -OCH3 is 1. The summed E-state index contributed by atoms with van der Waals surface area (Å²) in [6, 6.07) is 8.99. The van der Waals surface area contributed by atoms with Crippen LogP contribution in [0.1, 0.15) is 19.8 Å². The van der Waals surface area contributed by atoms with Crippen molar-refractivity contribution in [3.63, 3.8) is 0 Å². The Kier molecular flexibility index (Phi) is 5.76. The van der Waals surface area contributed by atoms with Crippen LogP contribution in [0.5, 0.6) is 5.75 Å². The third-order valence-electron chi connectivity index (χ3n) is 5.48. The van der Waals surface area contributed by atoms with E-state index in [0.717, 1.165) is 19.4 Å². The summed E-state index contributed by atoms with van der Waals surface area (Å²) >= 11 is 0.